The van der Waals surface area contributed by atoms with E-state index in [-0.39, 0.29) is 17.9 Å². The van der Waals surface area contributed by atoms with Crippen molar-refractivity contribution in [1.29, 1.82) is 0 Å². The van der Waals surface area contributed by atoms with Crippen LogP contribution in [-0.4, -0.2) is 12.0 Å². The number of hydrogen-bond donors (Lipinski definition) is 1. The molecule has 0 aromatic heterocycles. The van der Waals surface area contributed by atoms with Gasteiger partial charge in [-0.3, -0.25) is 4.79 Å². The van der Waals surface area contributed by atoms with E-state index in [0.717, 1.165) is 31.2 Å². The van der Waals surface area contributed by atoms with Crippen molar-refractivity contribution in [2.45, 2.75) is 38.3 Å². The zero-order valence-electron chi connectivity index (χ0n) is 12.1. The second-order valence-corrected chi connectivity index (χ2v) is 5.85. The summed E-state index contributed by atoms with van der Waals surface area (Å²) < 4.78 is 5.46. The van der Waals surface area contributed by atoms with Gasteiger partial charge >= 0.3 is 5.97 Å². The molecule has 110 valence electrons. The van der Waals surface area contributed by atoms with Crippen LogP contribution in [0, 0.1) is 5.92 Å². The van der Waals surface area contributed by atoms with Crippen molar-refractivity contribution < 1.29 is 9.53 Å². The summed E-state index contributed by atoms with van der Waals surface area (Å²) in [5, 5.41) is 0. The maximum Gasteiger partial charge on any atom is 0.309 e. The molecule has 2 aliphatic carbocycles. The summed E-state index contributed by atoms with van der Waals surface area (Å²) in [5.41, 5.74) is 9.60. The van der Waals surface area contributed by atoms with Crippen molar-refractivity contribution in [2.75, 3.05) is 0 Å². The van der Waals surface area contributed by atoms with E-state index in [4.69, 9.17) is 10.5 Å². The summed E-state index contributed by atoms with van der Waals surface area (Å²) in [5.74, 6) is -0.0832. The van der Waals surface area contributed by atoms with Crippen LogP contribution < -0.4 is 5.73 Å². The molecular formula is C18H21NO2. The molecule has 2 unspecified atom stereocenters. The van der Waals surface area contributed by atoms with Crippen LogP contribution in [0.1, 0.15) is 31.2 Å². The molecule has 0 spiro atoms. The third-order valence-electron chi connectivity index (χ3n) is 4.25. The molecule has 0 saturated heterocycles. The van der Waals surface area contributed by atoms with Gasteiger partial charge in [0.2, 0.25) is 0 Å². The Morgan fingerprint density at radius 1 is 1.24 bits per heavy atom. The highest BCUT2D eigenvalue weighted by molar-refractivity contribution is 5.73. The van der Waals surface area contributed by atoms with Gasteiger partial charge in [0.15, 0.2) is 0 Å². The summed E-state index contributed by atoms with van der Waals surface area (Å²) in [6.07, 6.45) is 7.82. The van der Waals surface area contributed by atoms with Gasteiger partial charge in [0.25, 0.3) is 0 Å². The minimum atomic E-state index is -0.0753. The zero-order chi connectivity index (χ0) is 14.7. The predicted octanol–water partition coefficient (Wildman–Crippen LogP) is 3.11. The van der Waals surface area contributed by atoms with Crippen molar-refractivity contribution in [3.63, 3.8) is 0 Å². The molecule has 1 saturated carbocycles. The lowest BCUT2D eigenvalue weighted by molar-refractivity contribution is -0.150. The molecule has 2 aliphatic rings. The van der Waals surface area contributed by atoms with Gasteiger partial charge in [0.05, 0.1) is 5.92 Å². The lowest BCUT2D eigenvalue weighted by Gasteiger charge is -2.28. The van der Waals surface area contributed by atoms with E-state index < -0.39 is 0 Å². The average molecular weight is 283 g/mol. The molecule has 0 radical (unpaired) electrons. The summed E-state index contributed by atoms with van der Waals surface area (Å²) in [6.45, 7) is 0.364. The molecule has 2 atom stereocenters. The van der Waals surface area contributed by atoms with Crippen LogP contribution >= 0.6 is 0 Å². The van der Waals surface area contributed by atoms with Crippen LogP contribution in [0.5, 0.6) is 0 Å². The molecule has 1 aromatic carbocycles. The lowest BCUT2D eigenvalue weighted by atomic mass is 9.78. The second kappa shape index (κ2) is 6.27. The minimum Gasteiger partial charge on any atom is -0.461 e. The summed E-state index contributed by atoms with van der Waals surface area (Å²) >= 11 is 0. The SMILES string of the molecule is NC1C=C2CCC(C(=O)OCc3ccccc3)CC2=CC1. The molecule has 0 heterocycles. The van der Waals surface area contributed by atoms with E-state index in [1.807, 2.05) is 30.3 Å². The Morgan fingerprint density at radius 3 is 2.86 bits per heavy atom. The number of ether oxygens (including phenoxy) is 1. The number of hydrogen-bond acceptors (Lipinski definition) is 3. The van der Waals surface area contributed by atoms with E-state index in [9.17, 15) is 4.79 Å². The normalized spacial score (nSPS) is 24.6. The number of carbonyl (C=O) groups excluding carboxylic acids is 1. The fraction of sp³-hybridized carbons (Fsp3) is 0.389. The Morgan fingerprint density at radius 2 is 2.05 bits per heavy atom. The van der Waals surface area contributed by atoms with Gasteiger partial charge < -0.3 is 10.5 Å². The highest BCUT2D eigenvalue weighted by Crippen LogP contribution is 2.36. The molecule has 1 aromatic rings. The summed E-state index contributed by atoms with van der Waals surface area (Å²) in [7, 11) is 0. The molecule has 3 heteroatoms. The van der Waals surface area contributed by atoms with Gasteiger partial charge in [-0.15, -0.1) is 0 Å². The molecule has 0 bridgehead atoms. The first-order valence-electron chi connectivity index (χ1n) is 7.58. The number of nitrogens with two attached hydrogens (primary N) is 1. The second-order valence-electron chi connectivity index (χ2n) is 5.85. The Balaban J connectivity index is 1.56. The van der Waals surface area contributed by atoms with E-state index in [1.165, 1.54) is 11.1 Å². The van der Waals surface area contributed by atoms with Crippen molar-refractivity contribution in [1.82, 2.24) is 0 Å². The first-order chi connectivity index (χ1) is 10.2. The average Bonchev–Trinajstić information content (AvgIpc) is 2.53. The molecule has 21 heavy (non-hydrogen) atoms. The van der Waals surface area contributed by atoms with Crippen LogP contribution in [0.2, 0.25) is 0 Å². The third-order valence-corrected chi connectivity index (χ3v) is 4.25. The van der Waals surface area contributed by atoms with Crippen LogP contribution in [0.4, 0.5) is 0 Å². The Labute approximate surface area is 125 Å². The van der Waals surface area contributed by atoms with Gasteiger partial charge in [0, 0.05) is 6.04 Å². The van der Waals surface area contributed by atoms with Crippen molar-refractivity contribution in [2.24, 2.45) is 11.7 Å². The summed E-state index contributed by atoms with van der Waals surface area (Å²) in [6, 6.07) is 9.96. The van der Waals surface area contributed by atoms with Crippen molar-refractivity contribution in [3.8, 4) is 0 Å². The van der Waals surface area contributed by atoms with E-state index in [2.05, 4.69) is 12.2 Å². The molecule has 3 rings (SSSR count). The molecule has 3 nitrogen and oxygen atoms in total. The van der Waals surface area contributed by atoms with Crippen molar-refractivity contribution in [3.05, 3.63) is 59.2 Å². The van der Waals surface area contributed by atoms with Crippen LogP contribution in [-0.2, 0) is 16.1 Å². The van der Waals surface area contributed by atoms with E-state index in [1.54, 1.807) is 0 Å². The highest BCUT2D eigenvalue weighted by Gasteiger charge is 2.28. The molecular weight excluding hydrogens is 262 g/mol. The number of carbonyl (C=O) groups is 1. The first kappa shape index (κ1) is 14.1. The molecule has 2 N–H and O–H groups in total. The van der Waals surface area contributed by atoms with Crippen LogP contribution in [0.25, 0.3) is 0 Å². The largest absolute Gasteiger partial charge is 0.461 e. The fourth-order valence-electron chi connectivity index (χ4n) is 3.05. The monoisotopic (exact) mass is 283 g/mol. The van der Waals surface area contributed by atoms with Gasteiger partial charge in [-0.05, 0) is 42.4 Å². The molecule has 1 fully saturated rings. The maximum absolute atomic E-state index is 12.2. The summed E-state index contributed by atoms with van der Waals surface area (Å²) in [4.78, 5) is 12.2. The smallest absolute Gasteiger partial charge is 0.309 e. The third kappa shape index (κ3) is 3.42. The van der Waals surface area contributed by atoms with Gasteiger partial charge in [-0.1, -0.05) is 42.5 Å². The Bertz CT molecular complexity index is 574. The standard InChI is InChI=1S/C18H21NO2/c19-17-9-8-14-10-16(7-6-15(14)11-17)18(20)21-12-13-4-2-1-3-5-13/h1-5,8,11,16-17H,6-7,9-10,12,19H2. The highest BCUT2D eigenvalue weighted by atomic mass is 16.5. The fourth-order valence-corrected chi connectivity index (χ4v) is 3.05. The predicted molar refractivity (Wildman–Crippen MR) is 82.3 cm³/mol. The number of allylic oxidation sites excluding steroid dienone is 2. The van der Waals surface area contributed by atoms with Crippen LogP contribution in [0.3, 0.4) is 0 Å². The Hall–Kier alpha value is -1.87. The van der Waals surface area contributed by atoms with Gasteiger partial charge in [-0.25, -0.2) is 0 Å². The maximum atomic E-state index is 12.2. The van der Waals surface area contributed by atoms with E-state index >= 15 is 0 Å². The van der Waals surface area contributed by atoms with E-state index in [0.29, 0.717) is 6.61 Å². The quantitative estimate of drug-likeness (QED) is 0.867. The molecule has 0 aliphatic heterocycles. The number of esters is 1. The Kier molecular flexibility index (Phi) is 4.20. The number of rotatable bonds is 3. The van der Waals surface area contributed by atoms with Crippen molar-refractivity contribution >= 4 is 5.97 Å². The lowest BCUT2D eigenvalue weighted by Crippen LogP contribution is -2.26. The van der Waals surface area contributed by atoms with Crippen LogP contribution in [0.15, 0.2) is 53.6 Å². The number of benzene rings is 1. The topological polar surface area (TPSA) is 52.3 Å². The zero-order valence-corrected chi connectivity index (χ0v) is 12.1. The number of fused-ring (bicyclic) bond motifs is 1. The van der Waals surface area contributed by atoms with Gasteiger partial charge in [0.1, 0.15) is 6.61 Å². The van der Waals surface area contributed by atoms with Gasteiger partial charge in [-0.2, -0.15) is 0 Å². The minimum absolute atomic E-state index is 0.00793. The first-order valence-corrected chi connectivity index (χ1v) is 7.58. The molecule has 0 amide bonds.